The van der Waals surface area contributed by atoms with E-state index in [0.29, 0.717) is 25.9 Å². The van der Waals surface area contributed by atoms with Crippen LogP contribution in [-0.2, 0) is 22.4 Å². The Bertz CT molecular complexity index is 1050. The van der Waals surface area contributed by atoms with Crippen LogP contribution in [-0.4, -0.2) is 51.8 Å². The monoisotopic (exact) mass is 419 g/mol. The smallest absolute Gasteiger partial charge is 0.324 e. The highest BCUT2D eigenvalue weighted by molar-refractivity contribution is 6.04. The molecule has 1 aliphatic heterocycles. The van der Waals surface area contributed by atoms with Crippen molar-refractivity contribution < 1.29 is 14.4 Å². The third-order valence-corrected chi connectivity index (χ3v) is 5.36. The number of aromatic amines is 1. The zero-order valence-corrected chi connectivity index (χ0v) is 17.1. The molecule has 3 aromatic rings. The van der Waals surface area contributed by atoms with Crippen molar-refractivity contribution in [1.29, 1.82) is 0 Å². The van der Waals surface area contributed by atoms with Gasteiger partial charge in [0.25, 0.3) is 5.91 Å². The number of nitrogens with zero attached hydrogens (tertiary/aromatic N) is 2. The number of amides is 4. The van der Waals surface area contributed by atoms with E-state index in [4.69, 9.17) is 0 Å². The molecule has 1 fully saturated rings. The fraction of sp³-hybridized carbons (Fsp3) is 0.304. The molecule has 0 spiro atoms. The molecule has 0 aliphatic carbocycles. The van der Waals surface area contributed by atoms with Crippen molar-refractivity contribution in [1.82, 2.24) is 25.5 Å². The minimum absolute atomic E-state index is 0.152. The molecule has 31 heavy (non-hydrogen) atoms. The molecule has 1 aromatic heterocycles. The van der Waals surface area contributed by atoms with E-state index < -0.39 is 12.1 Å². The molecule has 3 N–H and O–H groups in total. The Balaban J connectivity index is 1.19. The van der Waals surface area contributed by atoms with E-state index in [1.165, 1.54) is 4.90 Å². The number of para-hydroxylation sites is 2. The number of hydrogen-bond acceptors (Lipinski definition) is 4. The van der Waals surface area contributed by atoms with E-state index in [0.717, 1.165) is 22.4 Å². The molecule has 1 saturated heterocycles. The molecule has 1 aliphatic rings. The molecule has 1 atom stereocenters. The second kappa shape index (κ2) is 9.42. The lowest BCUT2D eigenvalue weighted by atomic mass is 10.1. The van der Waals surface area contributed by atoms with Crippen molar-refractivity contribution in [2.45, 2.75) is 31.7 Å². The second-order valence-corrected chi connectivity index (χ2v) is 7.57. The minimum Gasteiger partial charge on any atom is -0.356 e. The summed E-state index contributed by atoms with van der Waals surface area (Å²) in [6.45, 7) is 0.779. The number of H-pyrrole nitrogens is 1. The Labute approximate surface area is 180 Å². The van der Waals surface area contributed by atoms with E-state index in [-0.39, 0.29) is 24.7 Å². The van der Waals surface area contributed by atoms with Gasteiger partial charge in [0.2, 0.25) is 5.91 Å². The van der Waals surface area contributed by atoms with Crippen molar-refractivity contribution in [3.05, 3.63) is 66.0 Å². The first-order valence-electron chi connectivity index (χ1n) is 10.5. The number of carbonyl (C=O) groups excluding carboxylic acids is 3. The van der Waals surface area contributed by atoms with Crippen LogP contribution >= 0.6 is 0 Å². The zero-order valence-electron chi connectivity index (χ0n) is 17.1. The van der Waals surface area contributed by atoms with Gasteiger partial charge in [0.05, 0.1) is 11.0 Å². The minimum atomic E-state index is -0.649. The van der Waals surface area contributed by atoms with Crippen LogP contribution < -0.4 is 10.6 Å². The van der Waals surface area contributed by atoms with E-state index in [9.17, 15) is 14.4 Å². The van der Waals surface area contributed by atoms with Gasteiger partial charge in [0, 0.05) is 25.9 Å². The maximum atomic E-state index is 12.5. The number of imide groups is 1. The van der Waals surface area contributed by atoms with Crippen molar-refractivity contribution >= 4 is 28.9 Å². The van der Waals surface area contributed by atoms with Crippen LogP contribution in [0, 0.1) is 0 Å². The van der Waals surface area contributed by atoms with Gasteiger partial charge in [0.15, 0.2) is 0 Å². The summed E-state index contributed by atoms with van der Waals surface area (Å²) >= 11 is 0. The predicted molar refractivity (Wildman–Crippen MR) is 116 cm³/mol. The van der Waals surface area contributed by atoms with Crippen molar-refractivity contribution in [2.24, 2.45) is 0 Å². The summed E-state index contributed by atoms with van der Waals surface area (Å²) in [5.74, 6) is 0.394. The molecule has 0 bridgehead atoms. The summed E-state index contributed by atoms with van der Waals surface area (Å²) in [4.78, 5) is 45.8. The molecule has 0 radical (unpaired) electrons. The Kier molecular flexibility index (Phi) is 6.26. The number of aromatic nitrogens is 2. The molecule has 2 aromatic carbocycles. The third-order valence-electron chi connectivity index (χ3n) is 5.36. The van der Waals surface area contributed by atoms with E-state index in [2.05, 4.69) is 20.6 Å². The zero-order chi connectivity index (χ0) is 21.6. The molecule has 0 saturated carbocycles. The van der Waals surface area contributed by atoms with Crippen LogP contribution in [0.4, 0.5) is 4.79 Å². The van der Waals surface area contributed by atoms with Crippen molar-refractivity contribution in [3.63, 3.8) is 0 Å². The normalized spacial score (nSPS) is 16.0. The average molecular weight is 419 g/mol. The molecule has 4 amide bonds. The van der Waals surface area contributed by atoms with Crippen LogP contribution in [0.15, 0.2) is 54.6 Å². The number of urea groups is 1. The average Bonchev–Trinajstić information content (AvgIpc) is 3.31. The number of rotatable bonds is 9. The Morgan fingerprint density at radius 2 is 1.81 bits per heavy atom. The Hall–Kier alpha value is -3.68. The highest BCUT2D eigenvalue weighted by Crippen LogP contribution is 2.13. The van der Waals surface area contributed by atoms with Gasteiger partial charge < -0.3 is 15.6 Å². The van der Waals surface area contributed by atoms with Gasteiger partial charge >= 0.3 is 6.03 Å². The summed E-state index contributed by atoms with van der Waals surface area (Å²) < 4.78 is 0. The van der Waals surface area contributed by atoms with Gasteiger partial charge in [0.1, 0.15) is 11.9 Å². The summed E-state index contributed by atoms with van der Waals surface area (Å²) in [5, 5.41) is 5.53. The summed E-state index contributed by atoms with van der Waals surface area (Å²) in [7, 11) is 0. The SMILES string of the molecule is O=C(CCC1NC(=O)N(CCc2ccccc2)C1=O)NCCc1nc2ccccc2[nH]1. The molecule has 8 heteroatoms. The summed E-state index contributed by atoms with van der Waals surface area (Å²) in [6, 6.07) is 16.4. The quantitative estimate of drug-likeness (QED) is 0.462. The maximum Gasteiger partial charge on any atom is 0.324 e. The van der Waals surface area contributed by atoms with Gasteiger partial charge in [-0.05, 0) is 30.5 Å². The van der Waals surface area contributed by atoms with E-state index in [1.54, 1.807) is 0 Å². The second-order valence-electron chi connectivity index (χ2n) is 7.57. The van der Waals surface area contributed by atoms with Gasteiger partial charge in [-0.1, -0.05) is 42.5 Å². The number of nitrogens with one attached hydrogen (secondary N) is 3. The molecule has 1 unspecified atom stereocenters. The highest BCUT2D eigenvalue weighted by atomic mass is 16.2. The summed E-state index contributed by atoms with van der Waals surface area (Å²) in [5.41, 5.74) is 2.93. The van der Waals surface area contributed by atoms with Crippen LogP contribution in [0.3, 0.4) is 0 Å². The highest BCUT2D eigenvalue weighted by Gasteiger charge is 2.37. The topological polar surface area (TPSA) is 107 Å². The number of carbonyl (C=O) groups is 3. The fourth-order valence-electron chi connectivity index (χ4n) is 3.68. The van der Waals surface area contributed by atoms with Crippen molar-refractivity contribution in [3.8, 4) is 0 Å². The third kappa shape index (κ3) is 5.09. The first-order chi connectivity index (χ1) is 15.1. The van der Waals surface area contributed by atoms with Gasteiger partial charge in [-0.2, -0.15) is 0 Å². The van der Waals surface area contributed by atoms with Crippen LogP contribution in [0.25, 0.3) is 11.0 Å². The summed E-state index contributed by atoms with van der Waals surface area (Å²) in [6.07, 6.45) is 1.65. The van der Waals surface area contributed by atoms with E-state index >= 15 is 0 Å². The number of benzene rings is 2. The fourth-order valence-corrected chi connectivity index (χ4v) is 3.68. The molecular weight excluding hydrogens is 394 g/mol. The lowest BCUT2D eigenvalue weighted by molar-refractivity contribution is -0.127. The molecular formula is C23H25N5O3. The molecule has 4 rings (SSSR count). The number of hydrogen-bond donors (Lipinski definition) is 3. The van der Waals surface area contributed by atoms with E-state index in [1.807, 2.05) is 54.6 Å². The first-order valence-corrected chi connectivity index (χ1v) is 10.5. The first kappa shape index (κ1) is 20.6. The van der Waals surface area contributed by atoms with Crippen LogP contribution in [0.2, 0.25) is 0 Å². The van der Waals surface area contributed by atoms with Gasteiger partial charge in [-0.3, -0.25) is 14.5 Å². The predicted octanol–water partition coefficient (Wildman–Crippen LogP) is 2.16. The molecule has 2 heterocycles. The van der Waals surface area contributed by atoms with Crippen LogP contribution in [0.5, 0.6) is 0 Å². The standard InChI is InChI=1S/C23H25N5O3/c29-21(24-14-12-20-25-17-8-4-5-9-18(17)26-20)11-10-19-22(30)28(23(31)27-19)15-13-16-6-2-1-3-7-16/h1-9,19H,10-15H2,(H,24,29)(H,25,26)(H,27,31). The maximum absolute atomic E-state index is 12.5. The van der Waals surface area contributed by atoms with Gasteiger partial charge in [-0.25, -0.2) is 9.78 Å². The molecule has 8 nitrogen and oxygen atoms in total. The lowest BCUT2D eigenvalue weighted by Gasteiger charge is -2.13. The van der Waals surface area contributed by atoms with Crippen molar-refractivity contribution in [2.75, 3.05) is 13.1 Å². The Morgan fingerprint density at radius 1 is 1.03 bits per heavy atom. The number of fused-ring (bicyclic) bond motifs is 1. The largest absolute Gasteiger partial charge is 0.356 e. The van der Waals surface area contributed by atoms with Gasteiger partial charge in [-0.15, -0.1) is 0 Å². The lowest BCUT2D eigenvalue weighted by Crippen LogP contribution is -2.34. The Morgan fingerprint density at radius 3 is 2.61 bits per heavy atom. The van der Waals surface area contributed by atoms with Crippen LogP contribution in [0.1, 0.15) is 24.2 Å². The number of imidazole rings is 1. The molecule has 160 valence electrons.